The van der Waals surface area contributed by atoms with Gasteiger partial charge in [-0.05, 0) is 27.7 Å². The second-order valence-corrected chi connectivity index (χ2v) is 12.6. The molecule has 0 saturated carbocycles. The standard InChI is InChI=1S/C32H54O15/c1-15-29(44-20(6)34)21(35-7)12-26(40-15)45-31-17(3)42-28(14-23(31)37-9)47-32-18(4)41-27(13-24(32)38-10)46-30-16(2)39-25(43-19(5)33)11-22(30)36-8/h15-18,21-32H,11-14H2,1-10H3. The van der Waals surface area contributed by atoms with Gasteiger partial charge in [0.1, 0.15) is 24.4 Å². The Hall–Kier alpha value is -1.50. The predicted octanol–water partition coefficient (Wildman–Crippen LogP) is 2.24. The Morgan fingerprint density at radius 1 is 0.447 bits per heavy atom. The predicted molar refractivity (Wildman–Crippen MR) is 161 cm³/mol. The molecule has 16 atom stereocenters. The minimum absolute atomic E-state index is 0.336. The highest BCUT2D eigenvalue weighted by Gasteiger charge is 2.48. The Morgan fingerprint density at radius 2 is 0.723 bits per heavy atom. The number of ether oxygens (including phenoxy) is 13. The van der Waals surface area contributed by atoms with Gasteiger partial charge in [0.05, 0.1) is 42.7 Å². The van der Waals surface area contributed by atoms with Crippen molar-refractivity contribution in [2.45, 2.75) is 166 Å². The molecule has 0 spiro atoms. The quantitative estimate of drug-likeness (QED) is 0.277. The molecule has 0 N–H and O–H groups in total. The van der Waals surface area contributed by atoms with Gasteiger partial charge >= 0.3 is 11.9 Å². The molecule has 4 heterocycles. The zero-order valence-electron chi connectivity index (χ0n) is 29.2. The Balaban J connectivity index is 1.33. The van der Waals surface area contributed by atoms with E-state index in [0.29, 0.717) is 25.7 Å². The molecule has 0 aromatic heterocycles. The summed E-state index contributed by atoms with van der Waals surface area (Å²) in [4.78, 5) is 23.0. The van der Waals surface area contributed by atoms with Crippen molar-refractivity contribution in [3.8, 4) is 0 Å². The summed E-state index contributed by atoms with van der Waals surface area (Å²) in [6.07, 6.45) is -6.08. The lowest BCUT2D eigenvalue weighted by Crippen LogP contribution is -2.58. The third kappa shape index (κ3) is 9.81. The molecule has 0 aromatic rings. The van der Waals surface area contributed by atoms with E-state index in [4.69, 9.17) is 61.6 Å². The van der Waals surface area contributed by atoms with Crippen molar-refractivity contribution in [2.24, 2.45) is 0 Å². The van der Waals surface area contributed by atoms with Crippen molar-refractivity contribution in [1.82, 2.24) is 0 Å². The lowest BCUT2D eigenvalue weighted by Gasteiger charge is -2.47. The lowest BCUT2D eigenvalue weighted by atomic mass is 9.98. The highest BCUT2D eigenvalue weighted by atomic mass is 16.8. The molecule has 16 unspecified atom stereocenters. The lowest BCUT2D eigenvalue weighted by molar-refractivity contribution is -0.345. The van der Waals surface area contributed by atoms with Gasteiger partial charge in [0, 0.05) is 68.0 Å². The van der Waals surface area contributed by atoms with Gasteiger partial charge in [-0.1, -0.05) is 0 Å². The molecular weight excluding hydrogens is 624 g/mol. The van der Waals surface area contributed by atoms with E-state index >= 15 is 0 Å². The summed E-state index contributed by atoms with van der Waals surface area (Å²) < 4.78 is 77.4. The van der Waals surface area contributed by atoms with Crippen LogP contribution in [0.5, 0.6) is 0 Å². The van der Waals surface area contributed by atoms with Crippen molar-refractivity contribution < 1.29 is 71.2 Å². The van der Waals surface area contributed by atoms with Crippen molar-refractivity contribution >= 4 is 11.9 Å². The second-order valence-electron chi connectivity index (χ2n) is 12.6. The van der Waals surface area contributed by atoms with Crippen LogP contribution >= 0.6 is 0 Å². The first-order valence-electron chi connectivity index (χ1n) is 16.4. The molecule has 0 radical (unpaired) electrons. The molecule has 15 nitrogen and oxygen atoms in total. The van der Waals surface area contributed by atoms with E-state index in [1.165, 1.54) is 13.8 Å². The van der Waals surface area contributed by atoms with Crippen molar-refractivity contribution in [3.63, 3.8) is 0 Å². The molecule has 4 saturated heterocycles. The number of methoxy groups -OCH3 is 4. The van der Waals surface area contributed by atoms with Crippen LogP contribution in [0.25, 0.3) is 0 Å². The SMILES string of the molecule is COC1CC(OC2C(C)OC(OC3C(C)OC(OC4C(C)OC(OC(C)=O)CC4OC)CC3OC)CC2OC)OC(C)C1OC(C)=O. The summed E-state index contributed by atoms with van der Waals surface area (Å²) in [6.45, 7) is 10.2. The third-order valence-electron chi connectivity index (χ3n) is 9.22. The third-order valence-corrected chi connectivity index (χ3v) is 9.22. The zero-order chi connectivity index (χ0) is 34.4. The summed E-state index contributed by atoms with van der Waals surface area (Å²) in [6, 6.07) is 0. The first kappa shape index (κ1) is 38.3. The number of hydrogen-bond donors (Lipinski definition) is 0. The smallest absolute Gasteiger partial charge is 0.304 e. The van der Waals surface area contributed by atoms with Gasteiger partial charge in [0.2, 0.25) is 6.29 Å². The van der Waals surface area contributed by atoms with E-state index < -0.39 is 85.9 Å². The molecule has 0 aromatic carbocycles. The maximum atomic E-state index is 11.6. The summed E-state index contributed by atoms with van der Waals surface area (Å²) in [5.74, 6) is -0.818. The fraction of sp³-hybridized carbons (Fsp3) is 0.938. The molecular formula is C32H54O15. The summed E-state index contributed by atoms with van der Waals surface area (Å²) in [5.41, 5.74) is 0. The van der Waals surface area contributed by atoms with Crippen LogP contribution in [0.4, 0.5) is 0 Å². The van der Waals surface area contributed by atoms with Crippen LogP contribution in [-0.4, -0.2) is 139 Å². The van der Waals surface area contributed by atoms with E-state index in [-0.39, 0.29) is 24.4 Å². The normalized spacial score (nSPS) is 44.5. The summed E-state index contributed by atoms with van der Waals surface area (Å²) in [5, 5.41) is 0. The van der Waals surface area contributed by atoms with Gasteiger partial charge in [-0.25, -0.2) is 0 Å². The van der Waals surface area contributed by atoms with Gasteiger partial charge in [0.15, 0.2) is 25.0 Å². The van der Waals surface area contributed by atoms with E-state index in [1.54, 1.807) is 28.4 Å². The minimum atomic E-state index is -0.706. The number of esters is 2. The van der Waals surface area contributed by atoms with Crippen LogP contribution in [0.15, 0.2) is 0 Å². The van der Waals surface area contributed by atoms with Gasteiger partial charge < -0.3 is 61.6 Å². The molecule has 272 valence electrons. The van der Waals surface area contributed by atoms with Gasteiger partial charge in [-0.15, -0.1) is 0 Å². The van der Waals surface area contributed by atoms with E-state index in [2.05, 4.69) is 0 Å². The maximum Gasteiger partial charge on any atom is 0.304 e. The Kier molecular flexibility index (Phi) is 14.2. The zero-order valence-corrected chi connectivity index (χ0v) is 29.2. The first-order chi connectivity index (χ1) is 22.4. The van der Waals surface area contributed by atoms with Gasteiger partial charge in [0.25, 0.3) is 0 Å². The number of hydrogen-bond acceptors (Lipinski definition) is 15. The van der Waals surface area contributed by atoms with E-state index in [9.17, 15) is 9.59 Å². The Bertz CT molecular complexity index is 1000. The highest BCUT2D eigenvalue weighted by molar-refractivity contribution is 5.66. The molecule has 4 aliphatic heterocycles. The number of carbonyl (C=O) groups is 2. The van der Waals surface area contributed by atoms with Crippen LogP contribution in [0, 0.1) is 0 Å². The van der Waals surface area contributed by atoms with Crippen LogP contribution in [0.1, 0.15) is 67.2 Å². The van der Waals surface area contributed by atoms with Crippen LogP contribution < -0.4 is 0 Å². The topological polar surface area (TPSA) is 154 Å². The minimum Gasteiger partial charge on any atom is -0.457 e. The monoisotopic (exact) mass is 678 g/mol. The van der Waals surface area contributed by atoms with E-state index in [1.807, 2.05) is 27.7 Å². The molecule has 0 aliphatic carbocycles. The van der Waals surface area contributed by atoms with Crippen molar-refractivity contribution in [3.05, 3.63) is 0 Å². The second kappa shape index (κ2) is 17.4. The average molecular weight is 679 g/mol. The molecule has 15 heteroatoms. The van der Waals surface area contributed by atoms with Crippen LogP contribution in [-0.2, 0) is 71.2 Å². The summed E-state index contributed by atoms with van der Waals surface area (Å²) >= 11 is 0. The fourth-order valence-corrected chi connectivity index (χ4v) is 6.92. The largest absolute Gasteiger partial charge is 0.457 e. The Labute approximate surface area is 277 Å². The molecule has 4 aliphatic rings. The average Bonchev–Trinajstić information content (AvgIpc) is 3.01. The maximum absolute atomic E-state index is 11.6. The van der Waals surface area contributed by atoms with Gasteiger partial charge in [-0.3, -0.25) is 9.59 Å². The Morgan fingerprint density at radius 3 is 1.04 bits per heavy atom. The number of rotatable bonds is 12. The first-order valence-corrected chi connectivity index (χ1v) is 16.4. The fourth-order valence-electron chi connectivity index (χ4n) is 6.92. The summed E-state index contributed by atoms with van der Waals surface area (Å²) in [7, 11) is 6.41. The molecule has 47 heavy (non-hydrogen) atoms. The van der Waals surface area contributed by atoms with Crippen molar-refractivity contribution in [2.75, 3.05) is 28.4 Å². The molecule has 4 rings (SSSR count). The van der Waals surface area contributed by atoms with Gasteiger partial charge in [-0.2, -0.15) is 0 Å². The highest BCUT2D eigenvalue weighted by Crippen LogP contribution is 2.35. The van der Waals surface area contributed by atoms with Crippen LogP contribution in [0.2, 0.25) is 0 Å². The van der Waals surface area contributed by atoms with Crippen molar-refractivity contribution in [1.29, 1.82) is 0 Å². The van der Waals surface area contributed by atoms with Crippen LogP contribution in [0.3, 0.4) is 0 Å². The molecule has 4 fully saturated rings. The van der Waals surface area contributed by atoms with E-state index in [0.717, 1.165) is 0 Å². The molecule has 0 bridgehead atoms. The molecule has 0 amide bonds. The number of carbonyl (C=O) groups excluding carboxylic acids is 2.